The monoisotopic (exact) mass is 257 g/mol. The fraction of sp³-hybridized carbons (Fsp3) is 0.545. The molecule has 1 heterocycles. The molecule has 18 heavy (non-hydrogen) atoms. The van der Waals surface area contributed by atoms with Gasteiger partial charge < -0.3 is 5.73 Å². The summed E-state index contributed by atoms with van der Waals surface area (Å²) in [6, 6.07) is 0. The number of primary amides is 1. The second-order valence-corrected chi connectivity index (χ2v) is 4.03. The van der Waals surface area contributed by atoms with Crippen LogP contribution in [0.4, 0.5) is 4.48 Å². The summed E-state index contributed by atoms with van der Waals surface area (Å²) in [6.07, 6.45) is 4.62. The molecule has 0 spiro atoms. The standard InChI is InChI=1S/C11H16FN3O3/c1-2-3-4-5-6-14-7-8(9(13)16)10(17)15(12)11(14)18/h7H,2-6H2,1H3,(H2,13,16). The fourth-order valence-corrected chi connectivity index (χ4v) is 1.61. The molecule has 0 bridgehead atoms. The van der Waals surface area contributed by atoms with E-state index in [2.05, 4.69) is 0 Å². The number of rotatable bonds is 6. The molecule has 0 saturated heterocycles. The van der Waals surface area contributed by atoms with Gasteiger partial charge in [-0.05, 0) is 6.42 Å². The van der Waals surface area contributed by atoms with E-state index < -0.39 is 27.5 Å². The first-order valence-electron chi connectivity index (χ1n) is 5.81. The molecule has 1 aromatic rings. The summed E-state index contributed by atoms with van der Waals surface area (Å²) in [6.45, 7) is 2.29. The van der Waals surface area contributed by atoms with Gasteiger partial charge in [-0.15, -0.1) is 0 Å². The molecule has 0 aromatic carbocycles. The molecule has 7 heteroatoms. The highest BCUT2D eigenvalue weighted by molar-refractivity contribution is 5.91. The number of aryl methyl sites for hydroxylation is 1. The molecule has 1 amide bonds. The molecule has 0 radical (unpaired) electrons. The van der Waals surface area contributed by atoms with E-state index in [9.17, 15) is 18.9 Å². The van der Waals surface area contributed by atoms with Crippen LogP contribution in [-0.2, 0) is 6.54 Å². The van der Waals surface area contributed by atoms with Gasteiger partial charge in [0.15, 0.2) is 0 Å². The number of aromatic nitrogens is 2. The lowest BCUT2D eigenvalue weighted by Crippen LogP contribution is -2.40. The van der Waals surface area contributed by atoms with Gasteiger partial charge in [0.25, 0.3) is 11.5 Å². The first-order valence-corrected chi connectivity index (χ1v) is 5.81. The molecule has 0 aliphatic carbocycles. The molecule has 0 fully saturated rings. The highest BCUT2D eigenvalue weighted by Gasteiger charge is 2.14. The number of halogens is 1. The van der Waals surface area contributed by atoms with Crippen LogP contribution in [0.5, 0.6) is 0 Å². The van der Waals surface area contributed by atoms with Crippen LogP contribution in [0.2, 0.25) is 0 Å². The number of carbonyl (C=O) groups is 1. The van der Waals surface area contributed by atoms with Crippen LogP contribution in [0, 0.1) is 0 Å². The minimum atomic E-state index is -1.31. The van der Waals surface area contributed by atoms with Crippen molar-refractivity contribution in [3.05, 3.63) is 32.6 Å². The Morgan fingerprint density at radius 2 is 2.00 bits per heavy atom. The zero-order valence-electron chi connectivity index (χ0n) is 10.2. The Kier molecular flexibility index (Phi) is 4.82. The minimum Gasteiger partial charge on any atom is -0.365 e. The average molecular weight is 257 g/mol. The predicted octanol–water partition coefficient (Wildman–Crippen LogP) is 0.422. The normalized spacial score (nSPS) is 10.6. The summed E-state index contributed by atoms with van der Waals surface area (Å²) in [5.41, 5.74) is 2.03. The Labute approximate surface area is 103 Å². The van der Waals surface area contributed by atoms with Crippen molar-refractivity contribution in [2.45, 2.75) is 39.2 Å². The van der Waals surface area contributed by atoms with E-state index in [0.29, 0.717) is 6.42 Å². The number of hydrogen-bond donors (Lipinski definition) is 1. The molecule has 1 rings (SSSR count). The Balaban J connectivity index is 3.02. The second kappa shape index (κ2) is 6.13. The molecule has 2 N–H and O–H groups in total. The number of nitrogens with two attached hydrogens (primary N) is 1. The molecule has 1 aromatic heterocycles. The van der Waals surface area contributed by atoms with Crippen molar-refractivity contribution in [3.63, 3.8) is 0 Å². The lowest BCUT2D eigenvalue weighted by molar-refractivity contribution is 0.0994. The van der Waals surface area contributed by atoms with E-state index in [4.69, 9.17) is 5.73 Å². The molecular weight excluding hydrogens is 241 g/mol. The maximum atomic E-state index is 13.3. The molecule has 0 aliphatic rings. The van der Waals surface area contributed by atoms with Crippen molar-refractivity contribution in [2.24, 2.45) is 5.73 Å². The largest absolute Gasteiger partial charge is 0.365 e. The van der Waals surface area contributed by atoms with E-state index in [1.807, 2.05) is 6.92 Å². The van der Waals surface area contributed by atoms with E-state index in [-0.39, 0.29) is 6.54 Å². The summed E-state index contributed by atoms with van der Waals surface area (Å²) < 4.78 is 14.2. The summed E-state index contributed by atoms with van der Waals surface area (Å²) in [7, 11) is 0. The van der Waals surface area contributed by atoms with Gasteiger partial charge in [0.05, 0.1) is 0 Å². The van der Waals surface area contributed by atoms with Crippen molar-refractivity contribution in [3.8, 4) is 0 Å². The second-order valence-electron chi connectivity index (χ2n) is 4.03. The summed E-state index contributed by atoms with van der Waals surface area (Å²) >= 11 is 0. The van der Waals surface area contributed by atoms with Gasteiger partial charge in [-0.1, -0.05) is 35.5 Å². The maximum absolute atomic E-state index is 13.3. The van der Waals surface area contributed by atoms with Crippen LogP contribution in [0.3, 0.4) is 0 Å². The summed E-state index contributed by atoms with van der Waals surface area (Å²) in [4.78, 5) is 33.0. The first-order chi connectivity index (χ1) is 8.49. The molecule has 0 unspecified atom stereocenters. The van der Waals surface area contributed by atoms with Crippen molar-refractivity contribution in [1.82, 2.24) is 9.36 Å². The quantitative estimate of drug-likeness (QED) is 0.749. The Bertz CT molecular complexity index is 547. The highest BCUT2D eigenvalue weighted by Crippen LogP contribution is 2.00. The minimum absolute atomic E-state index is 0.253. The maximum Gasteiger partial charge on any atom is 0.359 e. The average Bonchev–Trinajstić information content (AvgIpc) is 2.33. The van der Waals surface area contributed by atoms with Crippen LogP contribution in [-0.4, -0.2) is 15.3 Å². The number of carbonyl (C=O) groups excluding carboxylic acids is 1. The third kappa shape index (κ3) is 3.06. The van der Waals surface area contributed by atoms with Crippen molar-refractivity contribution in [2.75, 3.05) is 0 Å². The number of unbranched alkanes of at least 4 members (excludes halogenated alkanes) is 3. The van der Waals surface area contributed by atoms with Gasteiger partial charge in [0.2, 0.25) is 0 Å². The zero-order valence-corrected chi connectivity index (χ0v) is 10.2. The Hall–Kier alpha value is -1.92. The van der Waals surface area contributed by atoms with E-state index in [1.54, 1.807) is 0 Å². The van der Waals surface area contributed by atoms with Gasteiger partial charge in [0.1, 0.15) is 5.56 Å². The lowest BCUT2D eigenvalue weighted by Gasteiger charge is -2.07. The van der Waals surface area contributed by atoms with Gasteiger partial charge in [-0.3, -0.25) is 14.2 Å². The fourth-order valence-electron chi connectivity index (χ4n) is 1.61. The SMILES string of the molecule is CCCCCCn1cc(C(N)=O)c(=O)n(F)c1=O. The molecule has 0 atom stereocenters. The van der Waals surface area contributed by atoms with Crippen LogP contribution >= 0.6 is 0 Å². The van der Waals surface area contributed by atoms with E-state index in [1.165, 1.54) is 0 Å². The van der Waals surface area contributed by atoms with E-state index >= 15 is 0 Å². The molecular formula is C11H16FN3O3. The first kappa shape index (κ1) is 14.1. The Morgan fingerprint density at radius 3 is 2.56 bits per heavy atom. The van der Waals surface area contributed by atoms with Crippen LogP contribution in [0.15, 0.2) is 15.8 Å². The number of amides is 1. The van der Waals surface area contributed by atoms with Crippen molar-refractivity contribution >= 4 is 5.91 Å². The van der Waals surface area contributed by atoms with Gasteiger partial charge >= 0.3 is 5.69 Å². The number of hydrogen-bond acceptors (Lipinski definition) is 3. The van der Waals surface area contributed by atoms with Crippen LogP contribution in [0.25, 0.3) is 0 Å². The molecule has 6 nitrogen and oxygen atoms in total. The van der Waals surface area contributed by atoms with Gasteiger partial charge in [-0.25, -0.2) is 4.79 Å². The smallest absolute Gasteiger partial charge is 0.359 e. The van der Waals surface area contributed by atoms with Crippen molar-refractivity contribution < 1.29 is 9.28 Å². The third-order valence-corrected chi connectivity index (χ3v) is 2.63. The Morgan fingerprint density at radius 1 is 1.33 bits per heavy atom. The van der Waals surface area contributed by atoms with Crippen LogP contribution in [0.1, 0.15) is 43.0 Å². The predicted molar refractivity (Wildman–Crippen MR) is 64.1 cm³/mol. The molecule has 100 valence electrons. The summed E-state index contributed by atoms with van der Waals surface area (Å²) in [5.74, 6) is -1.05. The van der Waals surface area contributed by atoms with Crippen molar-refractivity contribution in [1.29, 1.82) is 0 Å². The summed E-state index contributed by atoms with van der Waals surface area (Å²) in [5, 5.41) is 0. The lowest BCUT2D eigenvalue weighted by atomic mass is 10.2. The molecule has 0 saturated carbocycles. The van der Waals surface area contributed by atoms with Gasteiger partial charge in [0, 0.05) is 12.7 Å². The molecule has 0 aliphatic heterocycles. The van der Waals surface area contributed by atoms with Gasteiger partial charge in [-0.2, -0.15) is 0 Å². The number of nitrogens with zero attached hydrogens (tertiary/aromatic N) is 2. The van der Waals surface area contributed by atoms with Crippen LogP contribution < -0.4 is 17.0 Å². The topological polar surface area (TPSA) is 87.1 Å². The third-order valence-electron chi connectivity index (χ3n) is 2.63. The van der Waals surface area contributed by atoms with E-state index in [0.717, 1.165) is 30.0 Å². The highest BCUT2D eigenvalue weighted by atomic mass is 19.2. The zero-order chi connectivity index (χ0) is 13.7.